The third-order valence-corrected chi connectivity index (χ3v) is 4.42. The molecule has 0 amide bonds. The molecule has 24 heavy (non-hydrogen) atoms. The van der Waals surface area contributed by atoms with E-state index in [2.05, 4.69) is 11.0 Å². The molecule has 4 rings (SSSR count). The van der Waals surface area contributed by atoms with E-state index in [0.29, 0.717) is 12.6 Å². The van der Waals surface area contributed by atoms with E-state index in [1.807, 2.05) is 18.2 Å². The van der Waals surface area contributed by atoms with Gasteiger partial charge in [-0.25, -0.2) is 0 Å². The molecule has 6 nitrogen and oxygen atoms in total. The second kappa shape index (κ2) is 6.13. The fraction of sp³-hybridized carbons (Fsp3) is 0.333. The van der Waals surface area contributed by atoms with E-state index in [9.17, 15) is 10.1 Å². The van der Waals surface area contributed by atoms with Crippen LogP contribution < -0.4 is 9.47 Å². The Morgan fingerprint density at radius 2 is 1.96 bits per heavy atom. The van der Waals surface area contributed by atoms with Crippen LogP contribution in [-0.4, -0.2) is 22.7 Å². The van der Waals surface area contributed by atoms with Gasteiger partial charge in [-0.15, -0.1) is 0 Å². The highest BCUT2D eigenvalue weighted by Crippen LogP contribution is 2.38. The van der Waals surface area contributed by atoms with Gasteiger partial charge in [-0.1, -0.05) is 24.3 Å². The zero-order valence-electron chi connectivity index (χ0n) is 13.2. The summed E-state index contributed by atoms with van der Waals surface area (Å²) >= 11 is 0. The molecule has 1 fully saturated rings. The lowest BCUT2D eigenvalue weighted by Crippen LogP contribution is -2.25. The van der Waals surface area contributed by atoms with Gasteiger partial charge in [-0.2, -0.15) is 0 Å². The third kappa shape index (κ3) is 3.05. The molecule has 2 aliphatic rings. The van der Waals surface area contributed by atoms with Crippen molar-refractivity contribution in [2.75, 3.05) is 6.79 Å². The number of benzene rings is 2. The SMILES string of the molecule is O=[N+]([O-])c1cccc(CN(Cc2cccc3c2OCO3)C2CC2)c1. The van der Waals surface area contributed by atoms with E-state index in [1.54, 1.807) is 12.1 Å². The number of non-ortho nitro benzene ring substituents is 1. The number of nitro benzene ring substituents is 1. The number of rotatable bonds is 6. The molecule has 0 radical (unpaired) electrons. The lowest BCUT2D eigenvalue weighted by Gasteiger charge is -2.22. The molecule has 0 unspecified atom stereocenters. The van der Waals surface area contributed by atoms with Gasteiger partial charge in [0.2, 0.25) is 6.79 Å². The maximum atomic E-state index is 11.0. The van der Waals surface area contributed by atoms with E-state index in [0.717, 1.165) is 29.2 Å². The molecular weight excluding hydrogens is 308 g/mol. The zero-order valence-corrected chi connectivity index (χ0v) is 13.2. The highest BCUT2D eigenvalue weighted by molar-refractivity contribution is 5.48. The van der Waals surface area contributed by atoms with Crippen LogP contribution in [0.25, 0.3) is 0 Å². The Labute approximate surface area is 139 Å². The van der Waals surface area contributed by atoms with Crippen LogP contribution in [0.2, 0.25) is 0 Å². The van der Waals surface area contributed by atoms with Crippen molar-refractivity contribution in [1.82, 2.24) is 4.90 Å². The van der Waals surface area contributed by atoms with Crippen molar-refractivity contribution < 1.29 is 14.4 Å². The first-order valence-corrected chi connectivity index (χ1v) is 8.05. The van der Waals surface area contributed by atoms with Gasteiger partial charge in [-0.3, -0.25) is 15.0 Å². The van der Waals surface area contributed by atoms with E-state index in [-0.39, 0.29) is 17.4 Å². The van der Waals surface area contributed by atoms with Crippen LogP contribution in [-0.2, 0) is 13.1 Å². The van der Waals surface area contributed by atoms with Gasteiger partial charge in [-0.05, 0) is 24.5 Å². The number of fused-ring (bicyclic) bond motifs is 1. The average Bonchev–Trinajstić information content (AvgIpc) is 3.32. The van der Waals surface area contributed by atoms with Gasteiger partial charge < -0.3 is 9.47 Å². The van der Waals surface area contributed by atoms with Crippen LogP contribution >= 0.6 is 0 Å². The highest BCUT2D eigenvalue weighted by atomic mass is 16.7. The molecule has 124 valence electrons. The summed E-state index contributed by atoms with van der Waals surface area (Å²) in [5.41, 5.74) is 2.20. The van der Waals surface area contributed by atoms with Gasteiger partial charge in [0.25, 0.3) is 5.69 Å². The minimum absolute atomic E-state index is 0.139. The number of nitro groups is 1. The summed E-state index contributed by atoms with van der Waals surface area (Å²) in [5.74, 6) is 1.61. The van der Waals surface area contributed by atoms with Gasteiger partial charge in [0.1, 0.15) is 0 Å². The molecule has 2 aromatic carbocycles. The zero-order chi connectivity index (χ0) is 16.5. The van der Waals surface area contributed by atoms with E-state index < -0.39 is 0 Å². The summed E-state index contributed by atoms with van der Waals surface area (Å²) in [4.78, 5) is 13.0. The molecule has 0 spiro atoms. The van der Waals surface area contributed by atoms with Gasteiger partial charge in [0, 0.05) is 36.8 Å². The molecule has 0 bridgehead atoms. The second-order valence-electron chi connectivity index (χ2n) is 6.21. The van der Waals surface area contributed by atoms with Crippen LogP contribution in [0, 0.1) is 10.1 Å². The first-order valence-electron chi connectivity index (χ1n) is 8.05. The number of hydrogen-bond donors (Lipinski definition) is 0. The highest BCUT2D eigenvalue weighted by Gasteiger charge is 2.30. The van der Waals surface area contributed by atoms with Crippen molar-refractivity contribution in [3.05, 3.63) is 63.7 Å². The Hall–Kier alpha value is -2.60. The normalized spacial score (nSPS) is 15.7. The standard InChI is InChI=1S/C18H18N2O4/c21-20(22)16-5-1-3-13(9-16)10-19(15-7-8-15)11-14-4-2-6-17-18(14)24-12-23-17/h1-6,9,15H,7-8,10-12H2. The lowest BCUT2D eigenvalue weighted by atomic mass is 10.1. The molecular formula is C18H18N2O4. The van der Waals surface area contributed by atoms with Gasteiger partial charge in [0.15, 0.2) is 11.5 Å². The number of ether oxygens (including phenoxy) is 2. The molecule has 0 N–H and O–H groups in total. The number of para-hydroxylation sites is 1. The monoisotopic (exact) mass is 326 g/mol. The largest absolute Gasteiger partial charge is 0.454 e. The molecule has 1 heterocycles. The lowest BCUT2D eigenvalue weighted by molar-refractivity contribution is -0.384. The number of nitrogens with zero attached hydrogens (tertiary/aromatic N) is 2. The summed E-state index contributed by atoms with van der Waals surface area (Å²) in [5, 5.41) is 11.0. The van der Waals surface area contributed by atoms with Crippen LogP contribution in [0.15, 0.2) is 42.5 Å². The predicted octanol–water partition coefficient (Wildman–Crippen LogP) is 3.49. The topological polar surface area (TPSA) is 64.8 Å². The Balaban J connectivity index is 1.54. The summed E-state index contributed by atoms with van der Waals surface area (Å²) in [7, 11) is 0. The molecule has 0 saturated heterocycles. The Bertz CT molecular complexity index is 773. The molecule has 1 saturated carbocycles. The van der Waals surface area contributed by atoms with Crippen LogP contribution in [0.5, 0.6) is 11.5 Å². The summed E-state index contributed by atoms with van der Waals surface area (Å²) in [6, 6.07) is 13.3. The van der Waals surface area contributed by atoms with Crippen molar-refractivity contribution in [1.29, 1.82) is 0 Å². The smallest absolute Gasteiger partial charge is 0.269 e. The van der Waals surface area contributed by atoms with Crippen LogP contribution in [0.1, 0.15) is 24.0 Å². The van der Waals surface area contributed by atoms with Crippen LogP contribution in [0.4, 0.5) is 5.69 Å². The summed E-state index contributed by atoms with van der Waals surface area (Å²) in [6.07, 6.45) is 2.34. The predicted molar refractivity (Wildman–Crippen MR) is 87.9 cm³/mol. The fourth-order valence-corrected chi connectivity index (χ4v) is 3.09. The van der Waals surface area contributed by atoms with Crippen molar-refractivity contribution >= 4 is 5.69 Å². The Morgan fingerprint density at radius 3 is 2.75 bits per heavy atom. The van der Waals surface area contributed by atoms with E-state index >= 15 is 0 Å². The van der Waals surface area contributed by atoms with Gasteiger partial charge in [0.05, 0.1) is 4.92 Å². The van der Waals surface area contributed by atoms with Crippen LogP contribution in [0.3, 0.4) is 0 Å². The number of hydrogen-bond acceptors (Lipinski definition) is 5. The summed E-state index contributed by atoms with van der Waals surface area (Å²) < 4.78 is 11.0. The van der Waals surface area contributed by atoms with Crippen molar-refractivity contribution in [3.8, 4) is 11.5 Å². The first-order chi connectivity index (χ1) is 11.7. The molecule has 1 aliphatic carbocycles. The molecule has 0 aromatic heterocycles. The molecule has 2 aromatic rings. The van der Waals surface area contributed by atoms with Crippen molar-refractivity contribution in [2.45, 2.75) is 32.0 Å². The first kappa shape index (κ1) is 15.0. The van der Waals surface area contributed by atoms with E-state index in [4.69, 9.17) is 9.47 Å². The minimum atomic E-state index is -0.347. The maximum Gasteiger partial charge on any atom is 0.269 e. The Morgan fingerprint density at radius 1 is 1.12 bits per heavy atom. The Kier molecular flexibility index (Phi) is 3.82. The maximum absolute atomic E-state index is 11.0. The average molecular weight is 326 g/mol. The molecule has 1 aliphatic heterocycles. The fourth-order valence-electron chi connectivity index (χ4n) is 3.09. The van der Waals surface area contributed by atoms with E-state index in [1.165, 1.54) is 18.9 Å². The quantitative estimate of drug-likeness (QED) is 0.600. The second-order valence-corrected chi connectivity index (χ2v) is 6.21. The molecule has 6 heteroatoms. The van der Waals surface area contributed by atoms with Gasteiger partial charge >= 0.3 is 0 Å². The third-order valence-electron chi connectivity index (χ3n) is 4.42. The minimum Gasteiger partial charge on any atom is -0.454 e. The molecule has 0 atom stereocenters. The van der Waals surface area contributed by atoms with Crippen molar-refractivity contribution in [3.63, 3.8) is 0 Å². The summed E-state index contributed by atoms with van der Waals surface area (Å²) in [6.45, 7) is 1.71. The van der Waals surface area contributed by atoms with Crippen molar-refractivity contribution in [2.24, 2.45) is 0 Å².